The van der Waals surface area contributed by atoms with Gasteiger partial charge in [-0.25, -0.2) is 0 Å². The first-order valence-corrected chi connectivity index (χ1v) is 26.3. The summed E-state index contributed by atoms with van der Waals surface area (Å²) in [5.74, 6) is 0.505. The van der Waals surface area contributed by atoms with Crippen LogP contribution in [0.3, 0.4) is 0 Å². The maximum absolute atomic E-state index is 13.0. The van der Waals surface area contributed by atoms with Crippen LogP contribution >= 0.6 is 0 Å². The molecule has 0 radical (unpaired) electrons. The third-order valence-electron chi connectivity index (χ3n) is 13.5. The van der Waals surface area contributed by atoms with Crippen LogP contribution in [-0.4, -0.2) is 66.7 Å². The van der Waals surface area contributed by atoms with Crippen LogP contribution in [0.15, 0.2) is 24.8 Å². The minimum atomic E-state index is -0.238. The molecule has 0 bridgehead atoms. The molecular formula is C55H99NO6. The highest BCUT2D eigenvalue weighted by atomic mass is 16.5. The molecule has 0 amide bonds. The Bertz CT molecular complexity index is 1180. The van der Waals surface area contributed by atoms with Crippen LogP contribution in [0.5, 0.6) is 0 Å². The number of Topliss-reactive ketones (excluding diaryl/α,β-unsaturated/α-hetero) is 2. The molecular weight excluding hydrogens is 771 g/mol. The Hall–Kier alpha value is -2.12. The molecule has 1 fully saturated rings. The Morgan fingerprint density at radius 2 is 1.31 bits per heavy atom. The highest BCUT2D eigenvalue weighted by Crippen LogP contribution is 2.28. The minimum absolute atomic E-state index is 0.00182. The first-order chi connectivity index (χ1) is 30.0. The largest absolute Gasteiger partial charge is 0.462 e. The Morgan fingerprint density at radius 3 is 1.94 bits per heavy atom. The van der Waals surface area contributed by atoms with Gasteiger partial charge in [0, 0.05) is 36.9 Å². The number of nitrogens with zero attached hydrogens (tertiary/aromatic N) is 1. The van der Waals surface area contributed by atoms with E-state index in [1.165, 1.54) is 77.0 Å². The van der Waals surface area contributed by atoms with Gasteiger partial charge in [0.2, 0.25) is 0 Å². The first-order valence-electron chi connectivity index (χ1n) is 26.3. The van der Waals surface area contributed by atoms with Gasteiger partial charge in [-0.05, 0) is 109 Å². The van der Waals surface area contributed by atoms with Crippen molar-refractivity contribution in [2.45, 2.75) is 259 Å². The highest BCUT2D eigenvalue weighted by molar-refractivity contribution is 6.05. The number of ether oxygens (including phenoxy) is 2. The van der Waals surface area contributed by atoms with Gasteiger partial charge >= 0.3 is 5.97 Å². The number of unbranched alkanes of at least 4 members (excludes halogenated alkanes) is 18. The first kappa shape index (κ1) is 57.9. The predicted molar refractivity (Wildman–Crippen MR) is 262 cm³/mol. The summed E-state index contributed by atoms with van der Waals surface area (Å²) in [4.78, 5) is 53.3. The molecule has 0 saturated carbocycles. The van der Waals surface area contributed by atoms with Crippen molar-refractivity contribution < 1.29 is 28.7 Å². The Balaban J connectivity index is 2.53. The maximum atomic E-state index is 13.0. The predicted octanol–water partition coefficient (Wildman–Crippen LogP) is 14.9. The monoisotopic (exact) mass is 870 g/mol. The molecule has 3 atom stereocenters. The average Bonchev–Trinajstić information content (AvgIpc) is 3.63. The number of ketones is 3. The molecule has 0 N–H and O–H groups in total. The average molecular weight is 870 g/mol. The third kappa shape index (κ3) is 30.1. The summed E-state index contributed by atoms with van der Waals surface area (Å²) in [5.41, 5.74) is -0.238. The van der Waals surface area contributed by atoms with Gasteiger partial charge in [-0.3, -0.25) is 24.1 Å². The summed E-state index contributed by atoms with van der Waals surface area (Å²) in [5, 5.41) is 0. The van der Waals surface area contributed by atoms with Gasteiger partial charge in [0.05, 0.1) is 13.0 Å². The van der Waals surface area contributed by atoms with E-state index < -0.39 is 0 Å². The van der Waals surface area contributed by atoms with Crippen LogP contribution in [0, 0.1) is 17.3 Å². The van der Waals surface area contributed by atoms with E-state index in [1.54, 1.807) is 13.0 Å². The van der Waals surface area contributed by atoms with Gasteiger partial charge in [0.1, 0.15) is 17.7 Å². The lowest BCUT2D eigenvalue weighted by Gasteiger charge is -2.24. The van der Waals surface area contributed by atoms with Gasteiger partial charge in [-0.1, -0.05) is 156 Å². The van der Waals surface area contributed by atoms with Crippen LogP contribution in [-0.2, 0) is 28.7 Å². The van der Waals surface area contributed by atoms with Crippen molar-refractivity contribution in [3.05, 3.63) is 24.8 Å². The molecule has 1 saturated heterocycles. The van der Waals surface area contributed by atoms with Gasteiger partial charge in [-0.2, -0.15) is 0 Å². The smallest absolute Gasteiger partial charge is 0.306 e. The molecule has 0 spiro atoms. The van der Waals surface area contributed by atoms with Crippen LogP contribution < -0.4 is 0 Å². The third-order valence-corrected chi connectivity index (χ3v) is 13.5. The van der Waals surface area contributed by atoms with Crippen molar-refractivity contribution >= 4 is 23.3 Å². The van der Waals surface area contributed by atoms with E-state index in [1.807, 2.05) is 6.08 Å². The molecule has 1 heterocycles. The minimum Gasteiger partial charge on any atom is -0.462 e. The molecule has 0 aromatic rings. The van der Waals surface area contributed by atoms with Gasteiger partial charge < -0.3 is 9.47 Å². The van der Waals surface area contributed by atoms with Crippen LogP contribution in [0.25, 0.3) is 0 Å². The topological polar surface area (TPSA) is 90.0 Å². The fourth-order valence-corrected chi connectivity index (χ4v) is 9.00. The molecule has 1 unspecified atom stereocenters. The highest BCUT2D eigenvalue weighted by Gasteiger charge is 2.31. The fraction of sp³-hybridized carbons (Fsp3) is 0.855. The lowest BCUT2D eigenvalue weighted by atomic mass is 9.83. The van der Waals surface area contributed by atoms with Crippen molar-refractivity contribution in [2.24, 2.45) is 17.3 Å². The van der Waals surface area contributed by atoms with E-state index in [0.29, 0.717) is 19.1 Å². The Labute approximate surface area is 383 Å². The normalized spacial score (nSPS) is 16.4. The van der Waals surface area contributed by atoms with Crippen molar-refractivity contribution in [1.82, 2.24) is 4.90 Å². The van der Waals surface area contributed by atoms with Crippen LogP contribution in [0.2, 0.25) is 0 Å². The van der Waals surface area contributed by atoms with Crippen molar-refractivity contribution in [3.63, 3.8) is 0 Å². The lowest BCUT2D eigenvalue weighted by Crippen LogP contribution is -2.34. The maximum Gasteiger partial charge on any atom is 0.306 e. The zero-order chi connectivity index (χ0) is 45.7. The number of esters is 1. The van der Waals surface area contributed by atoms with Crippen LogP contribution in [0.1, 0.15) is 247 Å². The number of rotatable bonds is 44. The molecule has 360 valence electrons. The van der Waals surface area contributed by atoms with Crippen molar-refractivity contribution in [2.75, 3.05) is 26.3 Å². The molecule has 7 heteroatoms. The zero-order valence-corrected chi connectivity index (χ0v) is 41.6. The number of likely N-dealkylation sites (tertiary alicyclic amines) is 1. The second-order valence-electron chi connectivity index (χ2n) is 19.7. The molecule has 0 aromatic heterocycles. The number of allylic oxidation sites excluding steroid dienone is 2. The molecule has 1 aliphatic rings. The van der Waals surface area contributed by atoms with E-state index >= 15 is 0 Å². The van der Waals surface area contributed by atoms with Crippen LogP contribution in [0.4, 0.5) is 0 Å². The molecule has 62 heavy (non-hydrogen) atoms. The second-order valence-corrected chi connectivity index (χ2v) is 19.7. The zero-order valence-electron chi connectivity index (χ0n) is 41.6. The molecule has 0 aliphatic carbocycles. The molecule has 1 rings (SSSR count). The SMILES string of the molecule is C=CCCCC(CCC)C(=O)CC(=O)/C=C\[C@H]1C[C@@H](COCCCCCCCC(=O)OC(CCCCCCCC)CCCCCCCC)N(CCCCCCC(C)(C)C(C)=O)C1. The second kappa shape index (κ2) is 38.2. The Morgan fingerprint density at radius 1 is 0.710 bits per heavy atom. The van der Waals surface area contributed by atoms with E-state index in [-0.39, 0.29) is 53.1 Å². The lowest BCUT2D eigenvalue weighted by molar-refractivity contribution is -0.150. The number of carbonyl (C=O) groups excluding carboxylic acids is 4. The summed E-state index contributed by atoms with van der Waals surface area (Å²) in [6.45, 7) is 19.6. The van der Waals surface area contributed by atoms with Gasteiger partial charge in [0.15, 0.2) is 5.78 Å². The fourth-order valence-electron chi connectivity index (χ4n) is 9.00. The van der Waals surface area contributed by atoms with E-state index in [0.717, 1.165) is 135 Å². The number of hydrogen-bond donors (Lipinski definition) is 0. The summed E-state index contributed by atoms with van der Waals surface area (Å²) < 4.78 is 12.3. The quantitative estimate of drug-likeness (QED) is 0.0198. The number of carbonyl (C=O) groups is 4. The van der Waals surface area contributed by atoms with E-state index in [2.05, 4.69) is 52.2 Å². The van der Waals surface area contributed by atoms with E-state index in [9.17, 15) is 19.2 Å². The Kier molecular flexibility index (Phi) is 35.7. The number of hydrogen-bond acceptors (Lipinski definition) is 7. The molecule has 1 aliphatic heterocycles. The summed E-state index contributed by atoms with van der Waals surface area (Å²) >= 11 is 0. The van der Waals surface area contributed by atoms with Crippen molar-refractivity contribution in [3.8, 4) is 0 Å². The molecule has 0 aromatic carbocycles. The standard InChI is InChI=1S/C55H99NO6/c1-8-12-15-17-20-27-35-52(36-28-21-18-16-13-9-2)62-54(60)37-29-22-19-25-32-42-61-46-50-43-48(45-56(50)41-31-24-23-30-40-55(6,7)47(5)57)38-39-51(58)44-53(59)49(33-11-4)34-26-14-10-3/h10,38-39,48-50,52H,3,8-9,11-37,40-46H2,1-2,4-7H3/b39-38-/t48-,49?,50-/m0/s1. The molecule has 7 nitrogen and oxygen atoms in total. The van der Waals surface area contributed by atoms with Crippen molar-refractivity contribution in [1.29, 1.82) is 0 Å². The van der Waals surface area contributed by atoms with Gasteiger partial charge in [-0.15, -0.1) is 6.58 Å². The summed E-state index contributed by atoms with van der Waals surface area (Å²) in [6.07, 6.45) is 39.5. The summed E-state index contributed by atoms with van der Waals surface area (Å²) in [7, 11) is 0. The van der Waals surface area contributed by atoms with E-state index in [4.69, 9.17) is 9.47 Å². The summed E-state index contributed by atoms with van der Waals surface area (Å²) in [6, 6.07) is 0.314. The van der Waals surface area contributed by atoms with Gasteiger partial charge in [0.25, 0.3) is 0 Å².